The maximum Gasteiger partial charge on any atom is 0.224 e. The van der Waals surface area contributed by atoms with E-state index in [1.165, 1.54) is 10.4 Å². The van der Waals surface area contributed by atoms with Gasteiger partial charge in [0.2, 0.25) is 5.91 Å². The van der Waals surface area contributed by atoms with Gasteiger partial charge in [-0.15, -0.1) is 11.3 Å². The summed E-state index contributed by atoms with van der Waals surface area (Å²) in [5, 5.41) is 8.51. The lowest BCUT2D eigenvalue weighted by Gasteiger charge is -2.27. The third kappa shape index (κ3) is 4.85. The number of carbonyl (C=O) groups excluding carboxylic acids is 1. The Balaban J connectivity index is 1.45. The largest absolute Gasteiger partial charge is 0.467 e. The number of furan rings is 1. The van der Waals surface area contributed by atoms with E-state index in [0.717, 1.165) is 31.8 Å². The summed E-state index contributed by atoms with van der Waals surface area (Å²) in [6.45, 7) is 5.38. The second-order valence-corrected chi connectivity index (χ2v) is 6.89. The normalized spacial score (nSPS) is 14.3. The van der Waals surface area contributed by atoms with Crippen LogP contribution in [0.2, 0.25) is 0 Å². The van der Waals surface area contributed by atoms with E-state index in [4.69, 9.17) is 4.42 Å². The van der Waals surface area contributed by atoms with Gasteiger partial charge >= 0.3 is 0 Å². The number of rotatable bonds is 6. The fourth-order valence-corrected chi connectivity index (χ4v) is 3.70. The summed E-state index contributed by atoms with van der Waals surface area (Å²) in [6.07, 6.45) is 3.07. The van der Waals surface area contributed by atoms with Crippen LogP contribution < -0.4 is 10.6 Å². The molecule has 3 heterocycles. The number of hydrogen-bond donors (Lipinski definition) is 2. The lowest BCUT2D eigenvalue weighted by molar-refractivity contribution is -0.131. The highest BCUT2D eigenvalue weighted by Crippen LogP contribution is 2.24. The third-order valence-electron chi connectivity index (χ3n) is 4.11. The molecule has 2 aromatic rings. The number of carbonyl (C=O) groups is 1. The van der Waals surface area contributed by atoms with Crippen molar-refractivity contribution >= 4 is 23.2 Å². The summed E-state index contributed by atoms with van der Waals surface area (Å²) >= 11 is 1.79. The zero-order valence-corrected chi connectivity index (χ0v) is 15.3. The van der Waals surface area contributed by atoms with E-state index in [2.05, 4.69) is 27.1 Å². The number of guanidine groups is 1. The first-order valence-electron chi connectivity index (χ1n) is 8.64. The molecule has 0 saturated carbocycles. The highest BCUT2D eigenvalue weighted by Gasteiger charge is 2.20. The Labute approximate surface area is 151 Å². The van der Waals surface area contributed by atoms with Gasteiger partial charge in [-0.2, -0.15) is 0 Å². The number of nitrogens with zero attached hydrogens (tertiary/aromatic N) is 2. The quantitative estimate of drug-likeness (QED) is 0.613. The maximum atomic E-state index is 12.4. The SMILES string of the molecule is CCNC(=NCc1ccco1)NCCC(=O)N1CCc2sccc2C1. The smallest absolute Gasteiger partial charge is 0.224 e. The lowest BCUT2D eigenvalue weighted by Crippen LogP contribution is -2.41. The van der Waals surface area contributed by atoms with Crippen LogP contribution in [0, 0.1) is 0 Å². The molecule has 0 aromatic carbocycles. The van der Waals surface area contributed by atoms with Crippen LogP contribution in [0.5, 0.6) is 0 Å². The Bertz CT molecular complexity index is 708. The molecule has 0 unspecified atom stereocenters. The summed E-state index contributed by atoms with van der Waals surface area (Å²) in [5.41, 5.74) is 1.30. The van der Waals surface area contributed by atoms with E-state index >= 15 is 0 Å². The van der Waals surface area contributed by atoms with Crippen LogP contribution in [-0.4, -0.2) is 36.4 Å². The fraction of sp³-hybridized carbons (Fsp3) is 0.444. The molecular weight excluding hydrogens is 336 g/mol. The summed E-state index contributed by atoms with van der Waals surface area (Å²) in [7, 11) is 0. The van der Waals surface area contributed by atoms with E-state index in [-0.39, 0.29) is 5.91 Å². The van der Waals surface area contributed by atoms with Crippen LogP contribution in [0.1, 0.15) is 29.5 Å². The van der Waals surface area contributed by atoms with E-state index in [1.807, 2.05) is 24.0 Å². The van der Waals surface area contributed by atoms with E-state index in [0.29, 0.717) is 25.5 Å². The molecule has 0 fully saturated rings. The Morgan fingerprint density at radius 2 is 2.32 bits per heavy atom. The first-order valence-corrected chi connectivity index (χ1v) is 9.52. The van der Waals surface area contributed by atoms with E-state index in [1.54, 1.807) is 17.6 Å². The number of nitrogens with one attached hydrogen (secondary N) is 2. The summed E-state index contributed by atoms with van der Waals surface area (Å²) < 4.78 is 5.28. The summed E-state index contributed by atoms with van der Waals surface area (Å²) in [4.78, 5) is 20.3. The van der Waals surface area contributed by atoms with Crippen LogP contribution in [0.3, 0.4) is 0 Å². The molecule has 0 spiro atoms. The minimum atomic E-state index is 0.186. The predicted octanol–water partition coefficient (Wildman–Crippen LogP) is 2.37. The minimum Gasteiger partial charge on any atom is -0.467 e. The van der Waals surface area contributed by atoms with Crippen molar-refractivity contribution in [1.82, 2.24) is 15.5 Å². The van der Waals surface area contributed by atoms with Crippen molar-refractivity contribution in [3.05, 3.63) is 46.0 Å². The van der Waals surface area contributed by atoms with Crippen LogP contribution >= 0.6 is 11.3 Å². The summed E-state index contributed by atoms with van der Waals surface area (Å²) in [5.74, 6) is 1.70. The fourth-order valence-electron chi connectivity index (χ4n) is 2.81. The van der Waals surface area contributed by atoms with Crippen LogP contribution in [0.15, 0.2) is 39.3 Å². The zero-order chi connectivity index (χ0) is 17.5. The molecule has 0 saturated heterocycles. The Kier molecular flexibility index (Phi) is 6.11. The molecule has 25 heavy (non-hydrogen) atoms. The van der Waals surface area contributed by atoms with Gasteiger partial charge in [0.05, 0.1) is 6.26 Å². The van der Waals surface area contributed by atoms with Gasteiger partial charge in [-0.3, -0.25) is 4.79 Å². The van der Waals surface area contributed by atoms with Crippen molar-refractivity contribution in [2.24, 2.45) is 4.99 Å². The second-order valence-electron chi connectivity index (χ2n) is 5.89. The third-order valence-corrected chi connectivity index (χ3v) is 5.13. The number of thiophene rings is 1. The molecule has 0 atom stereocenters. The van der Waals surface area contributed by atoms with Crippen molar-refractivity contribution in [2.75, 3.05) is 19.6 Å². The van der Waals surface area contributed by atoms with Gasteiger partial charge in [0, 0.05) is 37.5 Å². The number of aliphatic imine (C=N–C) groups is 1. The van der Waals surface area contributed by atoms with Gasteiger partial charge in [-0.1, -0.05) is 0 Å². The van der Waals surface area contributed by atoms with E-state index < -0.39 is 0 Å². The minimum absolute atomic E-state index is 0.186. The number of fused-ring (bicyclic) bond motifs is 1. The van der Waals surface area contributed by atoms with Crippen LogP contribution in [-0.2, 0) is 24.3 Å². The van der Waals surface area contributed by atoms with Crippen molar-refractivity contribution in [3.63, 3.8) is 0 Å². The van der Waals surface area contributed by atoms with Gasteiger partial charge in [-0.05, 0) is 42.5 Å². The molecule has 0 bridgehead atoms. The number of hydrogen-bond acceptors (Lipinski definition) is 4. The van der Waals surface area contributed by atoms with Gasteiger partial charge in [0.15, 0.2) is 5.96 Å². The monoisotopic (exact) mass is 360 g/mol. The molecule has 1 aliphatic heterocycles. The Hall–Kier alpha value is -2.28. The summed E-state index contributed by atoms with van der Waals surface area (Å²) in [6, 6.07) is 5.87. The van der Waals surface area contributed by atoms with E-state index in [9.17, 15) is 4.79 Å². The van der Waals surface area contributed by atoms with Gasteiger partial charge in [0.25, 0.3) is 0 Å². The maximum absolute atomic E-state index is 12.4. The predicted molar refractivity (Wildman–Crippen MR) is 99.6 cm³/mol. The first-order chi connectivity index (χ1) is 12.3. The van der Waals surface area contributed by atoms with Crippen LogP contribution in [0.4, 0.5) is 0 Å². The zero-order valence-electron chi connectivity index (χ0n) is 14.5. The molecule has 2 aromatic heterocycles. The molecule has 6 nitrogen and oxygen atoms in total. The molecule has 7 heteroatoms. The Morgan fingerprint density at radius 3 is 3.12 bits per heavy atom. The van der Waals surface area contributed by atoms with Crippen molar-refractivity contribution in [1.29, 1.82) is 0 Å². The highest BCUT2D eigenvalue weighted by atomic mass is 32.1. The molecule has 3 rings (SSSR count). The van der Waals surface area contributed by atoms with Crippen molar-refractivity contribution < 1.29 is 9.21 Å². The van der Waals surface area contributed by atoms with Crippen LogP contribution in [0.25, 0.3) is 0 Å². The topological polar surface area (TPSA) is 69.9 Å². The van der Waals surface area contributed by atoms with Crippen molar-refractivity contribution in [2.45, 2.75) is 32.9 Å². The van der Waals surface area contributed by atoms with Gasteiger partial charge < -0.3 is 20.0 Å². The highest BCUT2D eigenvalue weighted by molar-refractivity contribution is 7.10. The second kappa shape index (κ2) is 8.71. The Morgan fingerprint density at radius 1 is 1.40 bits per heavy atom. The standard InChI is InChI=1S/C18H24N4O2S/c1-2-19-18(21-12-15-4-3-10-24-15)20-8-5-17(23)22-9-6-16-14(13-22)7-11-25-16/h3-4,7,10-11H,2,5-6,8-9,12-13H2,1H3,(H2,19,20,21). The van der Waals surface area contributed by atoms with Gasteiger partial charge in [-0.25, -0.2) is 4.99 Å². The molecular formula is C18H24N4O2S. The molecule has 134 valence electrons. The first kappa shape index (κ1) is 17.5. The lowest BCUT2D eigenvalue weighted by atomic mass is 10.1. The van der Waals surface area contributed by atoms with Crippen molar-refractivity contribution in [3.8, 4) is 0 Å². The average Bonchev–Trinajstić information content (AvgIpc) is 3.30. The molecule has 1 amide bonds. The number of amides is 1. The molecule has 2 N–H and O–H groups in total. The average molecular weight is 360 g/mol. The molecule has 0 aliphatic carbocycles. The molecule has 0 radical (unpaired) electrons. The molecule has 1 aliphatic rings. The van der Waals surface area contributed by atoms with Gasteiger partial charge in [0.1, 0.15) is 12.3 Å².